The number of aromatic nitrogens is 2. The highest BCUT2D eigenvalue weighted by atomic mass is 32.2. The molecule has 0 aliphatic rings. The molecule has 9 heteroatoms. The van der Waals surface area contributed by atoms with Gasteiger partial charge in [0.05, 0.1) is 16.8 Å². The zero-order valence-corrected chi connectivity index (χ0v) is 30.2. The molecule has 1 aromatic heterocycles. The number of thioether (sulfide) groups is 1. The van der Waals surface area contributed by atoms with Crippen LogP contribution in [0.3, 0.4) is 0 Å². The minimum atomic E-state index is -0.356. The van der Waals surface area contributed by atoms with Crippen LogP contribution in [0.15, 0.2) is 107 Å². The van der Waals surface area contributed by atoms with Crippen molar-refractivity contribution in [2.24, 2.45) is 0 Å². The molecule has 0 aliphatic carbocycles. The largest absolute Gasteiger partial charge is 0.474 e. The zero-order chi connectivity index (χ0) is 35.0. The lowest BCUT2D eigenvalue weighted by molar-refractivity contribution is -0.115. The average molecular weight is 644 g/mol. The van der Waals surface area contributed by atoms with E-state index >= 15 is 0 Å². The Balaban J connectivity index is 2.59. The van der Waals surface area contributed by atoms with Crippen LogP contribution in [0.2, 0.25) is 0 Å². The van der Waals surface area contributed by atoms with Crippen LogP contribution in [0.4, 0.5) is 5.82 Å². The van der Waals surface area contributed by atoms with Gasteiger partial charge >= 0.3 is 0 Å². The zero-order valence-electron chi connectivity index (χ0n) is 29.4. The number of ether oxygens (including phenoxy) is 1. The van der Waals surface area contributed by atoms with Gasteiger partial charge in [0.25, 0.3) is 0 Å². The van der Waals surface area contributed by atoms with Crippen molar-refractivity contribution in [1.82, 2.24) is 20.4 Å². The molecule has 1 unspecified atom stereocenters. The second kappa shape index (κ2) is 19.7. The highest BCUT2D eigenvalue weighted by Crippen LogP contribution is 2.32. The van der Waals surface area contributed by atoms with Gasteiger partial charge in [0, 0.05) is 25.6 Å². The molecule has 1 amide bonds. The van der Waals surface area contributed by atoms with E-state index in [0.29, 0.717) is 30.0 Å². The highest BCUT2D eigenvalue weighted by Gasteiger charge is 2.17. The number of aryl methyl sites for hydroxylation is 1. The van der Waals surface area contributed by atoms with Crippen molar-refractivity contribution in [3.63, 3.8) is 0 Å². The van der Waals surface area contributed by atoms with E-state index in [1.165, 1.54) is 0 Å². The van der Waals surface area contributed by atoms with Gasteiger partial charge in [-0.3, -0.25) is 4.79 Å². The van der Waals surface area contributed by atoms with E-state index in [2.05, 4.69) is 53.7 Å². The van der Waals surface area contributed by atoms with Gasteiger partial charge in [-0.1, -0.05) is 60.8 Å². The van der Waals surface area contributed by atoms with Crippen molar-refractivity contribution in [1.29, 1.82) is 0 Å². The fourth-order valence-electron chi connectivity index (χ4n) is 4.20. The standard InChI is InChI=1S/C37H54BN5O2S/c1-14-25(3)22-36(44)40-35-21-20-33(41-42-35)19-17-16-18-27(5)46-31(9)43(13)26(4)23-32(15-2)24-34(28(6)38)29(7)39-30(8)45-37(10,11)12/h14-15,20-21,24,29,39H,4-6,8-9,16-19,22-23H2,1-3,7,10-13H3,(H,40,42,44)/b25-14+,32-15-,34-24+. The number of unbranched alkanes of at least 4 members (excludes halogenated alkanes) is 1. The van der Waals surface area contributed by atoms with Crippen LogP contribution >= 0.6 is 11.8 Å². The molecule has 248 valence electrons. The van der Waals surface area contributed by atoms with Gasteiger partial charge in [0.15, 0.2) is 11.7 Å². The predicted molar refractivity (Wildman–Crippen MR) is 199 cm³/mol. The summed E-state index contributed by atoms with van der Waals surface area (Å²) in [6.45, 7) is 34.5. The number of allylic oxidation sites excluding steroid dienone is 5. The normalized spacial score (nSPS) is 13.0. The van der Waals surface area contributed by atoms with Crippen molar-refractivity contribution in [2.75, 3.05) is 12.4 Å². The first-order valence-electron chi connectivity index (χ1n) is 15.6. The first-order valence-corrected chi connectivity index (χ1v) is 16.4. The fourth-order valence-corrected chi connectivity index (χ4v) is 5.04. The number of nitrogens with zero attached hydrogens (tertiary/aromatic N) is 3. The van der Waals surface area contributed by atoms with Gasteiger partial charge < -0.3 is 20.3 Å². The lowest BCUT2D eigenvalue weighted by atomic mass is 9.84. The summed E-state index contributed by atoms with van der Waals surface area (Å²) in [7, 11) is 8.14. The van der Waals surface area contributed by atoms with Gasteiger partial charge in [-0.05, 0) is 109 Å². The quantitative estimate of drug-likeness (QED) is 0.0483. The van der Waals surface area contributed by atoms with Crippen molar-refractivity contribution in [3.8, 4) is 0 Å². The number of carbonyl (C=O) groups excluding carboxylic acids is 1. The molecule has 1 heterocycles. The van der Waals surface area contributed by atoms with Crippen molar-refractivity contribution in [2.45, 2.75) is 98.6 Å². The molecule has 0 aromatic carbocycles. The van der Waals surface area contributed by atoms with Crippen LogP contribution in [-0.4, -0.2) is 47.5 Å². The first-order chi connectivity index (χ1) is 21.4. The molecule has 7 nitrogen and oxygen atoms in total. The van der Waals surface area contributed by atoms with E-state index < -0.39 is 0 Å². The fraction of sp³-hybridized carbons (Fsp3) is 0.432. The number of hydrogen-bond donors (Lipinski definition) is 2. The summed E-state index contributed by atoms with van der Waals surface area (Å²) in [6, 6.07) is 3.55. The molecule has 1 atom stereocenters. The van der Waals surface area contributed by atoms with Crippen LogP contribution < -0.4 is 10.6 Å². The highest BCUT2D eigenvalue weighted by molar-refractivity contribution is 8.06. The molecule has 0 aliphatic heterocycles. The number of hydrogen-bond acceptors (Lipinski definition) is 7. The molecule has 0 saturated heterocycles. The number of rotatable bonds is 20. The lowest BCUT2D eigenvalue weighted by Crippen LogP contribution is -2.32. The molecular formula is C37H54BN5O2S. The molecule has 2 radical (unpaired) electrons. The van der Waals surface area contributed by atoms with E-state index in [0.717, 1.165) is 63.7 Å². The Labute approximate surface area is 284 Å². The monoisotopic (exact) mass is 643 g/mol. The maximum absolute atomic E-state index is 12.0. The Morgan fingerprint density at radius 1 is 1.09 bits per heavy atom. The van der Waals surface area contributed by atoms with Crippen molar-refractivity contribution in [3.05, 3.63) is 113 Å². The maximum atomic E-state index is 12.0. The molecule has 1 rings (SSSR count). The summed E-state index contributed by atoms with van der Waals surface area (Å²) in [4.78, 5) is 15.1. The van der Waals surface area contributed by atoms with E-state index in [4.69, 9.17) is 12.6 Å². The summed E-state index contributed by atoms with van der Waals surface area (Å²) >= 11 is 1.57. The van der Waals surface area contributed by atoms with E-state index in [1.807, 2.05) is 84.7 Å². The third kappa shape index (κ3) is 16.0. The molecule has 2 N–H and O–H groups in total. The second-order valence-corrected chi connectivity index (χ2v) is 13.6. The Kier molecular flexibility index (Phi) is 17.3. The molecule has 0 bridgehead atoms. The Morgan fingerprint density at radius 3 is 2.30 bits per heavy atom. The van der Waals surface area contributed by atoms with Crippen LogP contribution in [0.5, 0.6) is 0 Å². The Morgan fingerprint density at radius 2 is 1.76 bits per heavy atom. The maximum Gasteiger partial charge on any atom is 0.229 e. The minimum Gasteiger partial charge on any atom is -0.474 e. The van der Waals surface area contributed by atoms with Gasteiger partial charge in [0.1, 0.15) is 13.4 Å². The van der Waals surface area contributed by atoms with Gasteiger partial charge in [-0.2, -0.15) is 5.10 Å². The number of anilines is 1. The minimum absolute atomic E-state index is 0.0944. The summed E-state index contributed by atoms with van der Waals surface area (Å²) in [5.41, 5.74) is 4.82. The number of amides is 1. The predicted octanol–water partition coefficient (Wildman–Crippen LogP) is 8.86. The smallest absolute Gasteiger partial charge is 0.229 e. The lowest BCUT2D eigenvalue weighted by Gasteiger charge is -2.27. The molecule has 0 spiro atoms. The Hall–Kier alpha value is -3.72. The van der Waals surface area contributed by atoms with E-state index in [-0.39, 0.29) is 17.6 Å². The SMILES string of the molecule is [B]C(=C)/C(=C\C(=C/C)CC(=C)N(C)C(=C)SC(=C)CCCCc1ccc(NC(=O)C/C(C)=C/C)nn1)C(C)NC(=C)OC(C)(C)C. The summed E-state index contributed by atoms with van der Waals surface area (Å²) in [5.74, 6) is 0.851. The summed E-state index contributed by atoms with van der Waals surface area (Å²) in [6.07, 6.45) is 10.5. The number of nitrogens with one attached hydrogen (secondary N) is 2. The summed E-state index contributed by atoms with van der Waals surface area (Å²) in [5, 5.41) is 15.3. The third-order valence-corrected chi connectivity index (χ3v) is 7.93. The van der Waals surface area contributed by atoms with Gasteiger partial charge in [-0.25, -0.2) is 0 Å². The summed E-state index contributed by atoms with van der Waals surface area (Å²) < 4.78 is 5.82. The van der Waals surface area contributed by atoms with Crippen LogP contribution in [0.1, 0.15) is 86.3 Å². The average Bonchev–Trinajstić information content (AvgIpc) is 2.96. The number of carbonyl (C=O) groups is 1. The third-order valence-electron chi connectivity index (χ3n) is 6.93. The second-order valence-electron chi connectivity index (χ2n) is 12.3. The topological polar surface area (TPSA) is 79.4 Å². The van der Waals surface area contributed by atoms with Crippen molar-refractivity contribution < 1.29 is 9.53 Å². The van der Waals surface area contributed by atoms with Crippen LogP contribution in [-0.2, 0) is 16.0 Å². The Bertz CT molecular complexity index is 1350. The van der Waals surface area contributed by atoms with Gasteiger partial charge in [0.2, 0.25) is 5.91 Å². The van der Waals surface area contributed by atoms with Crippen LogP contribution in [0.25, 0.3) is 0 Å². The molecule has 1 aromatic rings. The molecule has 46 heavy (non-hydrogen) atoms. The van der Waals surface area contributed by atoms with Crippen LogP contribution in [0, 0.1) is 0 Å². The van der Waals surface area contributed by atoms with E-state index in [1.54, 1.807) is 17.8 Å². The van der Waals surface area contributed by atoms with Gasteiger partial charge in [-0.15, -0.1) is 11.7 Å². The molecule has 0 saturated carbocycles. The molecule has 0 fully saturated rings. The van der Waals surface area contributed by atoms with E-state index in [9.17, 15) is 4.79 Å². The van der Waals surface area contributed by atoms with Crippen molar-refractivity contribution >= 4 is 31.3 Å². The first kappa shape index (κ1) is 40.3. The molecular weight excluding hydrogens is 589 g/mol.